The molecule has 0 saturated carbocycles. The minimum absolute atomic E-state index is 0. The molecule has 4 unspecified atom stereocenters. The molecule has 8 fully saturated rings. The smallest absolute Gasteiger partial charge is 0.423 e. The summed E-state index contributed by atoms with van der Waals surface area (Å²) in [6, 6.07) is 11.9. The first-order chi connectivity index (χ1) is 44.9. The molecule has 0 spiro atoms. The molecule has 2 aromatic rings. The van der Waals surface area contributed by atoms with Crippen LogP contribution >= 0.6 is 22.6 Å². The van der Waals surface area contributed by atoms with E-state index in [0.29, 0.717) is 29.6 Å². The first-order valence-corrected chi connectivity index (χ1v) is 92.8. The fourth-order valence-electron chi connectivity index (χ4n) is 7.48. The first-order valence-electron chi connectivity index (χ1n) is 22.3. The number of ether oxygens (including phenoxy) is 2. The van der Waals surface area contributed by atoms with Crippen LogP contribution in [0.25, 0.3) is 0 Å². The van der Waals surface area contributed by atoms with Gasteiger partial charge in [-0.15, -0.1) is 0 Å². The molecular formula is C27H38BIN6O4S53. The molecule has 2 aromatic heterocycles. The third-order valence-electron chi connectivity index (χ3n) is 10.4. The first kappa shape index (κ1) is 92.7. The molecule has 92 heavy (non-hydrogen) atoms. The van der Waals surface area contributed by atoms with E-state index in [4.69, 9.17) is 41.9 Å². The van der Waals surface area contributed by atoms with Crippen LogP contribution in [0.3, 0.4) is 0 Å². The molecule has 10 nitrogen and oxygen atoms in total. The van der Waals surface area contributed by atoms with E-state index in [9.17, 15) is 0 Å². The van der Waals surface area contributed by atoms with E-state index >= 15 is 0 Å². The Morgan fingerprint density at radius 1 is 0.348 bits per heavy atom. The van der Waals surface area contributed by atoms with Crippen LogP contribution in [-0.2, 0) is 485 Å². The summed E-state index contributed by atoms with van der Waals surface area (Å²) in [5, 5.41) is 18.2. The summed E-state index contributed by atoms with van der Waals surface area (Å²) >= 11 is 11.9. The SMILES string of the molecule is C.Ic1ccc(N2CC3CC(C2)N3C2COC2)nc1.OB(O)c1ccc(N2CC3CC(C2)N3C2COC2)nc1.S=S=S=S=S=S=S=S=S=S=S=S=S=S=S=S=S=S=S=S=S=S=S=S=S=S=S=S=S=S=S=S=S=S=S=S=S=S=S=S=S=S=S=S=S=S=S=S=S=S=S=S=S. The van der Waals surface area contributed by atoms with Crippen LogP contribution in [0.1, 0.15) is 20.3 Å². The monoisotopic (exact) mass is 2340 g/mol. The van der Waals surface area contributed by atoms with Gasteiger partial charge in [0.25, 0.3) is 0 Å². The summed E-state index contributed by atoms with van der Waals surface area (Å²) < 4.78 is 11.8. The van der Waals surface area contributed by atoms with Gasteiger partial charge in [-0.1, -0.05) is 13.5 Å². The fourth-order valence-corrected chi connectivity index (χ4v) is 142. The quantitative estimate of drug-likeness (QED) is 0.319. The Balaban J connectivity index is 0.000000310. The van der Waals surface area contributed by atoms with E-state index in [1.165, 1.54) is 40.4 Å². The molecule has 0 radical (unpaired) electrons. The van der Waals surface area contributed by atoms with Gasteiger partial charge in [-0.05, 0) is 53.6 Å². The lowest BCUT2D eigenvalue weighted by atomic mass is 9.81. The van der Waals surface area contributed by atoms with Gasteiger partial charge in [0.05, 0.1) is 38.5 Å². The molecule has 10 heterocycles. The molecule has 0 amide bonds. The van der Waals surface area contributed by atoms with Crippen molar-refractivity contribution in [1.29, 1.82) is 0 Å². The van der Waals surface area contributed by atoms with E-state index in [0.717, 1.165) is 76.3 Å². The number of fused-ring (bicyclic) bond motifs is 4. The molecule has 2 N–H and O–H groups in total. The number of halogens is 1. The molecule has 10 rings (SSSR count). The van der Waals surface area contributed by atoms with Gasteiger partial charge < -0.3 is 29.3 Å². The molecule has 0 aliphatic carbocycles. The van der Waals surface area contributed by atoms with Crippen molar-refractivity contribution in [2.45, 2.75) is 56.5 Å². The molecular weight excluding hydrogens is 2310 g/mol. The Morgan fingerprint density at radius 3 is 0.750 bits per heavy atom. The van der Waals surface area contributed by atoms with Gasteiger partial charge in [-0.25, -0.2) is 9.97 Å². The Hall–Kier alpha value is 10.1. The van der Waals surface area contributed by atoms with Crippen LogP contribution in [0.2, 0.25) is 0 Å². The van der Waals surface area contributed by atoms with Crippen molar-refractivity contribution in [3.05, 3.63) is 40.2 Å². The third kappa shape index (κ3) is 42.5. The number of aromatic nitrogens is 2. The molecule has 8 aliphatic heterocycles. The highest BCUT2D eigenvalue weighted by Gasteiger charge is 2.50. The maximum Gasteiger partial charge on any atom is 0.490 e. The van der Waals surface area contributed by atoms with Gasteiger partial charge in [-0.2, -0.15) is 0 Å². The summed E-state index contributed by atoms with van der Waals surface area (Å²) in [5.41, 5.74) is 0.434. The van der Waals surface area contributed by atoms with Gasteiger partial charge in [-0.3, -0.25) is 9.80 Å². The molecule has 8 saturated heterocycles. The topological polar surface area (TPSA) is 97.7 Å². The Kier molecular flexibility index (Phi) is 64.2. The average molecular weight is 2350 g/mol. The summed E-state index contributed by atoms with van der Waals surface area (Å²) in [6.45, 7) is 7.90. The van der Waals surface area contributed by atoms with Gasteiger partial charge in [0.1, 0.15) is 11.6 Å². The number of hydrogen-bond donors (Lipinski definition) is 2. The van der Waals surface area contributed by atoms with Crippen molar-refractivity contribution in [3.8, 4) is 0 Å². The lowest BCUT2D eigenvalue weighted by Crippen LogP contribution is -2.74. The Bertz CT molecular complexity index is 5190. The lowest BCUT2D eigenvalue weighted by Gasteiger charge is -2.60. The zero-order valence-corrected chi connectivity index (χ0v) is 88.4. The zero-order chi connectivity index (χ0) is 63.9. The van der Waals surface area contributed by atoms with Crippen molar-refractivity contribution in [1.82, 2.24) is 19.8 Å². The molecule has 4 atom stereocenters. The van der Waals surface area contributed by atoms with E-state index < -0.39 is 7.12 Å². The van der Waals surface area contributed by atoms with Crippen molar-refractivity contribution >= 4 is 522 Å². The second kappa shape index (κ2) is 63.7. The van der Waals surface area contributed by atoms with Gasteiger partial charge in [0, 0.05) is 547 Å². The fraction of sp³-hybridized carbons (Fsp3) is 0.630. The largest absolute Gasteiger partial charge is 0.490 e. The van der Waals surface area contributed by atoms with E-state index in [-0.39, 0.29) is 7.43 Å². The van der Waals surface area contributed by atoms with E-state index in [1.54, 1.807) is 113 Å². The number of anilines is 2. The Morgan fingerprint density at radius 2 is 0.576 bits per heavy atom. The van der Waals surface area contributed by atoms with Gasteiger partial charge in [0.15, 0.2) is 0 Å². The maximum absolute atomic E-state index is 9.09. The van der Waals surface area contributed by atoms with Crippen LogP contribution in [0.5, 0.6) is 0 Å². The number of pyridine rings is 2. The van der Waals surface area contributed by atoms with E-state index in [1.807, 2.05) is 341 Å². The third-order valence-corrected chi connectivity index (χ3v) is 122. The highest BCUT2D eigenvalue weighted by Crippen LogP contribution is 2.38. The molecule has 8 aliphatic rings. The van der Waals surface area contributed by atoms with Gasteiger partial charge in [0.2, 0.25) is 0 Å². The second-order valence-corrected chi connectivity index (χ2v) is 106. The number of nitrogens with zero attached hydrogens (tertiary/aromatic N) is 6. The lowest BCUT2D eigenvalue weighted by molar-refractivity contribution is -0.141. The van der Waals surface area contributed by atoms with E-state index in [2.05, 4.69) is 64.3 Å². The minimum Gasteiger partial charge on any atom is -0.423 e. The number of hydrogen-bond acceptors (Lipinski definition) is 12. The van der Waals surface area contributed by atoms with Gasteiger partial charge >= 0.3 is 7.12 Å². The summed E-state index contributed by atoms with van der Waals surface area (Å²) in [4.78, 5) is 18.9. The van der Waals surface area contributed by atoms with Crippen molar-refractivity contribution in [3.63, 3.8) is 0 Å². The minimum atomic E-state index is -1.44. The number of piperidine rings is 2. The van der Waals surface area contributed by atoms with Crippen molar-refractivity contribution in [2.75, 3.05) is 62.4 Å². The Labute approximate surface area is 703 Å². The highest BCUT2D eigenvalue weighted by molar-refractivity contribution is 14.1. The van der Waals surface area contributed by atoms with Crippen LogP contribution < -0.4 is 15.3 Å². The highest BCUT2D eigenvalue weighted by atomic mass is 127. The summed E-state index contributed by atoms with van der Waals surface area (Å²) in [7, 11) is 89.8. The molecule has 4 bridgehead atoms. The van der Waals surface area contributed by atoms with Crippen molar-refractivity contribution in [2.24, 2.45) is 0 Å². The van der Waals surface area contributed by atoms with Crippen molar-refractivity contribution < 1.29 is 19.5 Å². The number of rotatable bonds is 5. The van der Waals surface area contributed by atoms with Crippen LogP contribution in [0.4, 0.5) is 11.6 Å². The van der Waals surface area contributed by atoms with Crippen LogP contribution in [0, 0.1) is 3.57 Å². The standard InChI is InChI=1S/C13H18BN3O3.C13H16IN3O.CH4.S53/c18-14(19)9-1-2-13(15-4-9)16-5-10-3-11(6-16)17(10)12-7-20-8-12;14-9-1-2-13(15-4-9)16-5-10-3-11(6-16)17(10)12-7-18-8-12;;1-3-5-7-9-11-13-15-17-19-21-23-25-27-29-31-33-35-37-39-41-43-45-47-49-51-53-52-50-48-46-44-42-40-38-36-34-32-30-28-26-24-22-20-18-16-14-12-10-8-6-4-2/h1-2,4,10-12,18-19H,3,5-8H2;1-2,4,10-12H,3,5-8H2;1H4;. The zero-order valence-electron chi connectivity index (χ0n) is 43.0. The summed E-state index contributed by atoms with van der Waals surface area (Å²) in [6.07, 6.45) is 6.13. The number of piperazine rings is 2. The predicted octanol–water partition coefficient (Wildman–Crippen LogP) is 0.280. The second-order valence-electron chi connectivity index (χ2n) is 14.8. The van der Waals surface area contributed by atoms with Crippen LogP contribution in [-0.4, -0.2) is 126 Å². The molecule has 65 heteroatoms. The molecule has 528 valence electrons. The molecule has 0 aromatic carbocycles. The van der Waals surface area contributed by atoms with Crippen LogP contribution in [0.15, 0.2) is 36.7 Å². The normalized spacial score (nSPS) is 17.2. The predicted molar refractivity (Wildman–Crippen MR) is 550 cm³/mol. The maximum atomic E-state index is 9.09. The average Bonchev–Trinajstić information content (AvgIpc) is 0.758. The summed E-state index contributed by atoms with van der Waals surface area (Å²) in [5.74, 6) is 2.06.